The van der Waals surface area contributed by atoms with Crippen LogP contribution in [0.1, 0.15) is 25.3 Å². The number of rotatable bonds is 1. The van der Waals surface area contributed by atoms with Gasteiger partial charge in [-0.25, -0.2) is 19.7 Å². The lowest BCUT2D eigenvalue weighted by atomic mass is 9.96. The topological polar surface area (TPSA) is 93.2 Å². The molecule has 2 aromatic heterocycles. The predicted octanol–water partition coefficient (Wildman–Crippen LogP) is 2.05. The maximum atomic E-state index is 12.8. The summed E-state index contributed by atoms with van der Waals surface area (Å²) in [6.45, 7) is 1.29. The van der Waals surface area contributed by atoms with E-state index in [0.717, 1.165) is 6.42 Å². The second-order valence-electron chi connectivity index (χ2n) is 7.06. The third kappa shape index (κ3) is 3.26. The highest BCUT2D eigenvalue weighted by Gasteiger charge is 2.42. The molecular formula is C16H20F3N7O. The Kier molecular flexibility index (Phi) is 4.31. The summed E-state index contributed by atoms with van der Waals surface area (Å²) in [5.74, 6) is -1.01. The van der Waals surface area contributed by atoms with Gasteiger partial charge in [-0.05, 0) is 19.3 Å². The van der Waals surface area contributed by atoms with Crippen molar-refractivity contribution in [3.63, 3.8) is 0 Å². The molecular weight excluding hydrogens is 363 g/mol. The second-order valence-corrected chi connectivity index (χ2v) is 7.06. The molecule has 2 aromatic rings. The van der Waals surface area contributed by atoms with Crippen LogP contribution in [0.3, 0.4) is 0 Å². The Bertz CT molecular complexity index is 844. The van der Waals surface area contributed by atoms with Crippen LogP contribution in [0.2, 0.25) is 0 Å². The fourth-order valence-corrected chi connectivity index (χ4v) is 3.88. The van der Waals surface area contributed by atoms with E-state index in [1.54, 1.807) is 11.2 Å². The van der Waals surface area contributed by atoms with Crippen molar-refractivity contribution in [3.05, 3.63) is 12.7 Å². The Morgan fingerprint density at radius 3 is 2.48 bits per heavy atom. The minimum Gasteiger partial charge on any atom is -0.382 e. The van der Waals surface area contributed by atoms with Gasteiger partial charge in [0.1, 0.15) is 11.8 Å². The summed E-state index contributed by atoms with van der Waals surface area (Å²) in [6, 6.07) is -0.197. The molecule has 146 valence electrons. The van der Waals surface area contributed by atoms with Gasteiger partial charge in [-0.15, -0.1) is 0 Å². The number of piperidine rings is 1. The van der Waals surface area contributed by atoms with E-state index >= 15 is 0 Å². The van der Waals surface area contributed by atoms with Crippen LogP contribution in [0.25, 0.3) is 11.2 Å². The molecule has 0 aliphatic carbocycles. The number of imidazole rings is 1. The van der Waals surface area contributed by atoms with Crippen molar-refractivity contribution >= 4 is 23.0 Å². The zero-order valence-electron chi connectivity index (χ0n) is 14.6. The van der Waals surface area contributed by atoms with Gasteiger partial charge in [0.25, 0.3) is 0 Å². The maximum Gasteiger partial charge on any atom is 0.391 e. The SMILES string of the molecule is Nc1ncnc2c1ncn2C1CCN(C(=O)N2CCC(C(F)(F)F)CC2)C1. The number of halogens is 3. The number of nitrogen functional groups attached to an aromatic ring is 1. The number of nitrogens with zero attached hydrogens (tertiary/aromatic N) is 6. The summed E-state index contributed by atoms with van der Waals surface area (Å²) in [7, 11) is 0. The lowest BCUT2D eigenvalue weighted by Gasteiger charge is -2.35. The normalized spacial score (nSPS) is 22.0. The van der Waals surface area contributed by atoms with E-state index < -0.39 is 12.1 Å². The quantitative estimate of drug-likeness (QED) is 0.814. The maximum absolute atomic E-state index is 12.8. The molecule has 2 aliphatic heterocycles. The number of nitrogens with two attached hydrogens (primary N) is 1. The summed E-state index contributed by atoms with van der Waals surface area (Å²) in [5.41, 5.74) is 6.95. The predicted molar refractivity (Wildman–Crippen MR) is 90.7 cm³/mol. The summed E-state index contributed by atoms with van der Waals surface area (Å²) in [4.78, 5) is 28.3. The molecule has 2 amide bonds. The third-order valence-corrected chi connectivity index (χ3v) is 5.44. The van der Waals surface area contributed by atoms with E-state index in [4.69, 9.17) is 5.73 Å². The summed E-state index contributed by atoms with van der Waals surface area (Å²) < 4.78 is 40.3. The van der Waals surface area contributed by atoms with E-state index in [0.29, 0.717) is 30.1 Å². The molecule has 1 unspecified atom stereocenters. The molecule has 0 aromatic carbocycles. The van der Waals surface area contributed by atoms with Gasteiger partial charge >= 0.3 is 12.2 Å². The molecule has 0 saturated carbocycles. The Labute approximate surface area is 153 Å². The minimum atomic E-state index is -4.18. The molecule has 4 heterocycles. The number of hydrogen-bond acceptors (Lipinski definition) is 5. The van der Waals surface area contributed by atoms with E-state index in [1.807, 2.05) is 4.57 Å². The number of fused-ring (bicyclic) bond motifs is 1. The highest BCUT2D eigenvalue weighted by atomic mass is 19.4. The molecule has 0 radical (unpaired) electrons. The van der Waals surface area contributed by atoms with Crippen LogP contribution in [-0.4, -0.2) is 67.7 Å². The van der Waals surface area contributed by atoms with Gasteiger partial charge in [-0.2, -0.15) is 13.2 Å². The number of urea groups is 1. The largest absolute Gasteiger partial charge is 0.391 e. The third-order valence-electron chi connectivity index (χ3n) is 5.44. The standard InChI is InChI=1S/C16H20F3N7O/c17-16(18,19)10-1-4-24(5-2-10)15(27)25-6-3-11(7-25)26-9-23-12-13(20)21-8-22-14(12)26/h8-11H,1-7H2,(H2,20,21,22). The average Bonchev–Trinajstić information content (AvgIpc) is 3.28. The summed E-state index contributed by atoms with van der Waals surface area (Å²) in [5, 5.41) is 0. The zero-order chi connectivity index (χ0) is 19.2. The van der Waals surface area contributed by atoms with Crippen molar-refractivity contribution in [1.82, 2.24) is 29.3 Å². The first-order valence-electron chi connectivity index (χ1n) is 8.88. The lowest BCUT2D eigenvalue weighted by Crippen LogP contribution is -2.47. The van der Waals surface area contributed by atoms with Crippen molar-refractivity contribution in [2.45, 2.75) is 31.5 Å². The first kappa shape index (κ1) is 17.8. The Balaban J connectivity index is 1.41. The Morgan fingerprint density at radius 1 is 1.07 bits per heavy atom. The van der Waals surface area contributed by atoms with Crippen molar-refractivity contribution in [2.75, 3.05) is 31.9 Å². The average molecular weight is 383 g/mol. The number of aromatic nitrogens is 4. The summed E-state index contributed by atoms with van der Waals surface area (Å²) >= 11 is 0. The fourth-order valence-electron chi connectivity index (χ4n) is 3.88. The van der Waals surface area contributed by atoms with Crippen LogP contribution in [0.5, 0.6) is 0 Å². The monoisotopic (exact) mass is 383 g/mol. The Morgan fingerprint density at radius 2 is 1.78 bits per heavy atom. The first-order valence-corrected chi connectivity index (χ1v) is 8.88. The van der Waals surface area contributed by atoms with Crippen LogP contribution in [0, 0.1) is 5.92 Å². The van der Waals surface area contributed by atoms with E-state index in [2.05, 4.69) is 15.0 Å². The van der Waals surface area contributed by atoms with E-state index in [1.165, 1.54) is 11.2 Å². The van der Waals surface area contributed by atoms with Gasteiger partial charge in [0.2, 0.25) is 0 Å². The molecule has 11 heteroatoms. The van der Waals surface area contributed by atoms with Crippen molar-refractivity contribution in [1.29, 1.82) is 0 Å². The van der Waals surface area contributed by atoms with Gasteiger partial charge in [0.05, 0.1) is 18.3 Å². The number of carbonyl (C=O) groups is 1. The highest BCUT2D eigenvalue weighted by molar-refractivity contribution is 5.81. The van der Waals surface area contributed by atoms with Crippen LogP contribution in [-0.2, 0) is 0 Å². The van der Waals surface area contributed by atoms with Crippen LogP contribution < -0.4 is 5.73 Å². The highest BCUT2D eigenvalue weighted by Crippen LogP contribution is 2.35. The van der Waals surface area contributed by atoms with Gasteiger partial charge < -0.3 is 20.1 Å². The number of anilines is 1. The van der Waals surface area contributed by atoms with Gasteiger partial charge in [0.15, 0.2) is 11.5 Å². The zero-order valence-corrected chi connectivity index (χ0v) is 14.6. The minimum absolute atomic E-state index is 0.000893. The van der Waals surface area contributed by atoms with Crippen LogP contribution in [0.15, 0.2) is 12.7 Å². The molecule has 27 heavy (non-hydrogen) atoms. The smallest absolute Gasteiger partial charge is 0.382 e. The number of hydrogen-bond donors (Lipinski definition) is 1. The Hall–Kier alpha value is -2.59. The number of amides is 2. The molecule has 1 atom stereocenters. The molecule has 0 bridgehead atoms. The molecule has 2 N–H and O–H groups in total. The number of likely N-dealkylation sites (tertiary alicyclic amines) is 2. The molecule has 2 saturated heterocycles. The van der Waals surface area contributed by atoms with Gasteiger partial charge in [-0.3, -0.25) is 0 Å². The van der Waals surface area contributed by atoms with Crippen LogP contribution >= 0.6 is 0 Å². The lowest BCUT2D eigenvalue weighted by molar-refractivity contribution is -0.183. The molecule has 2 aliphatic rings. The van der Waals surface area contributed by atoms with Crippen molar-refractivity contribution in [2.24, 2.45) is 5.92 Å². The van der Waals surface area contributed by atoms with E-state index in [-0.39, 0.29) is 38.0 Å². The molecule has 2 fully saturated rings. The molecule has 8 nitrogen and oxygen atoms in total. The fraction of sp³-hybridized carbons (Fsp3) is 0.625. The van der Waals surface area contributed by atoms with Crippen molar-refractivity contribution in [3.8, 4) is 0 Å². The second kappa shape index (κ2) is 6.54. The number of alkyl halides is 3. The molecule has 0 spiro atoms. The van der Waals surface area contributed by atoms with Crippen molar-refractivity contribution < 1.29 is 18.0 Å². The molecule has 4 rings (SSSR count). The first-order chi connectivity index (χ1) is 12.8. The van der Waals surface area contributed by atoms with Crippen LogP contribution in [0.4, 0.5) is 23.8 Å². The van der Waals surface area contributed by atoms with Gasteiger partial charge in [0, 0.05) is 26.2 Å². The van der Waals surface area contributed by atoms with E-state index in [9.17, 15) is 18.0 Å². The van der Waals surface area contributed by atoms with Gasteiger partial charge in [-0.1, -0.05) is 0 Å². The summed E-state index contributed by atoms with van der Waals surface area (Å²) in [6.07, 6.45) is -0.508. The number of carbonyl (C=O) groups excluding carboxylic acids is 1.